The minimum absolute atomic E-state index is 0.0537. The number of rotatable bonds is 3. The standard InChI is InChI=1S/C15H10F5N3O3S/c16-27(17,18,19,20)10-4-1-8(2-5-10)21-15(26)22-9-3-6-11-12(7-9)14(25)23-13(11)24/h1-7H,(H2,21,22,26)(H,23,24,25). The number of urea groups is 1. The molecule has 6 nitrogen and oxygen atoms in total. The highest BCUT2D eigenvalue weighted by Crippen LogP contribution is 3.02. The Kier molecular flexibility index (Phi) is 3.58. The number of carbonyl (C=O) groups is 3. The first-order valence-corrected chi connectivity index (χ1v) is 9.10. The maximum atomic E-state index is 12.6. The zero-order chi connectivity index (χ0) is 20.1. The maximum Gasteiger partial charge on any atom is 0.323 e. The first kappa shape index (κ1) is 18.6. The molecule has 0 unspecified atom stereocenters. The number of benzene rings is 2. The number of nitrogens with one attached hydrogen (secondary N) is 3. The molecule has 1 aliphatic heterocycles. The van der Waals surface area contributed by atoms with Crippen molar-refractivity contribution in [1.29, 1.82) is 0 Å². The van der Waals surface area contributed by atoms with Crippen molar-refractivity contribution in [2.45, 2.75) is 4.90 Å². The molecule has 0 aromatic heterocycles. The van der Waals surface area contributed by atoms with Crippen molar-refractivity contribution in [3.05, 3.63) is 53.6 Å². The predicted octanol–water partition coefficient (Wildman–Crippen LogP) is 4.87. The lowest BCUT2D eigenvalue weighted by Crippen LogP contribution is -2.20. The molecule has 0 fully saturated rings. The van der Waals surface area contributed by atoms with E-state index in [1.165, 1.54) is 18.2 Å². The number of hydrogen-bond donors (Lipinski definition) is 3. The van der Waals surface area contributed by atoms with Gasteiger partial charge in [0.1, 0.15) is 4.90 Å². The lowest BCUT2D eigenvalue weighted by molar-refractivity contribution is 0.0879. The minimum Gasteiger partial charge on any atom is -0.308 e. The van der Waals surface area contributed by atoms with Gasteiger partial charge in [-0.05, 0) is 42.5 Å². The Bertz CT molecular complexity index is 991. The molecule has 144 valence electrons. The number of halogens is 5. The third kappa shape index (κ3) is 4.00. The van der Waals surface area contributed by atoms with Gasteiger partial charge in [0, 0.05) is 11.4 Å². The van der Waals surface area contributed by atoms with Gasteiger partial charge in [-0.3, -0.25) is 14.9 Å². The van der Waals surface area contributed by atoms with Gasteiger partial charge in [-0.1, -0.05) is 19.4 Å². The molecule has 2 aromatic carbocycles. The van der Waals surface area contributed by atoms with Gasteiger partial charge in [0.25, 0.3) is 11.8 Å². The van der Waals surface area contributed by atoms with Gasteiger partial charge < -0.3 is 10.6 Å². The fraction of sp³-hybridized carbons (Fsp3) is 0. The van der Waals surface area contributed by atoms with E-state index in [1.807, 2.05) is 0 Å². The smallest absolute Gasteiger partial charge is 0.308 e. The van der Waals surface area contributed by atoms with E-state index in [2.05, 4.69) is 16.0 Å². The van der Waals surface area contributed by atoms with E-state index in [1.54, 1.807) is 0 Å². The molecular formula is C15H10F5N3O3S. The summed E-state index contributed by atoms with van der Waals surface area (Å²) in [6, 6.07) is 4.71. The molecule has 12 heteroatoms. The van der Waals surface area contributed by atoms with E-state index in [4.69, 9.17) is 0 Å². The van der Waals surface area contributed by atoms with Gasteiger partial charge in [-0.25, -0.2) is 4.79 Å². The maximum absolute atomic E-state index is 12.6. The summed E-state index contributed by atoms with van der Waals surface area (Å²) in [5.74, 6) is -1.21. The van der Waals surface area contributed by atoms with Crippen LogP contribution in [-0.2, 0) is 0 Å². The summed E-state index contributed by atoms with van der Waals surface area (Å²) in [4.78, 5) is 32.8. The molecule has 0 saturated carbocycles. The van der Waals surface area contributed by atoms with Crippen molar-refractivity contribution in [2.75, 3.05) is 10.6 Å². The van der Waals surface area contributed by atoms with Crippen molar-refractivity contribution in [2.24, 2.45) is 0 Å². The molecule has 27 heavy (non-hydrogen) atoms. The molecule has 0 atom stereocenters. The van der Waals surface area contributed by atoms with Crippen LogP contribution in [0.4, 0.5) is 35.6 Å². The predicted molar refractivity (Wildman–Crippen MR) is 88.7 cm³/mol. The van der Waals surface area contributed by atoms with Crippen molar-refractivity contribution < 1.29 is 33.8 Å². The summed E-state index contributed by atoms with van der Waals surface area (Å²) in [7, 11) is -9.78. The summed E-state index contributed by atoms with van der Waals surface area (Å²) < 4.78 is 63.2. The molecule has 3 N–H and O–H groups in total. The molecule has 0 bridgehead atoms. The minimum atomic E-state index is -9.78. The Morgan fingerprint density at radius 3 is 1.89 bits per heavy atom. The van der Waals surface area contributed by atoms with Crippen LogP contribution in [0.2, 0.25) is 0 Å². The second kappa shape index (κ2) is 5.19. The SMILES string of the molecule is O=C(Nc1ccc(S(F)(F)(F)(F)F)cc1)Nc1ccc2c(c1)C(=O)NC2=O. The third-order valence-electron chi connectivity index (χ3n) is 3.55. The number of carbonyl (C=O) groups excluding carboxylic acids is 3. The molecule has 3 rings (SSSR count). The van der Waals surface area contributed by atoms with E-state index < -0.39 is 33.0 Å². The van der Waals surface area contributed by atoms with Crippen LogP contribution >= 0.6 is 10.2 Å². The molecule has 0 spiro atoms. The highest BCUT2D eigenvalue weighted by molar-refractivity contribution is 8.45. The Morgan fingerprint density at radius 2 is 1.30 bits per heavy atom. The Labute approximate surface area is 148 Å². The fourth-order valence-electron chi connectivity index (χ4n) is 2.33. The van der Waals surface area contributed by atoms with Crippen LogP contribution in [0.3, 0.4) is 0 Å². The summed E-state index contributed by atoms with van der Waals surface area (Å²) in [5, 5.41) is 6.55. The van der Waals surface area contributed by atoms with Gasteiger partial charge >= 0.3 is 16.3 Å². The van der Waals surface area contributed by atoms with Crippen molar-refractivity contribution >= 4 is 39.4 Å². The number of fused-ring (bicyclic) bond motifs is 1. The molecule has 1 heterocycles. The van der Waals surface area contributed by atoms with Crippen LogP contribution < -0.4 is 16.0 Å². The van der Waals surface area contributed by atoms with Gasteiger partial charge in [0.05, 0.1) is 11.1 Å². The van der Waals surface area contributed by atoms with E-state index in [0.717, 1.165) is 0 Å². The molecule has 0 aliphatic carbocycles. The normalized spacial score (nSPS) is 16.0. The zero-order valence-electron chi connectivity index (χ0n) is 13.1. The molecule has 0 saturated heterocycles. The van der Waals surface area contributed by atoms with Crippen molar-refractivity contribution in [1.82, 2.24) is 5.32 Å². The Morgan fingerprint density at radius 1 is 0.778 bits per heavy atom. The van der Waals surface area contributed by atoms with Crippen LogP contribution in [0.5, 0.6) is 0 Å². The third-order valence-corrected chi connectivity index (χ3v) is 4.71. The summed E-state index contributed by atoms with van der Waals surface area (Å²) in [5.41, 5.74) is 0.169. The quantitative estimate of drug-likeness (QED) is 0.501. The first-order valence-electron chi connectivity index (χ1n) is 7.15. The van der Waals surface area contributed by atoms with E-state index in [-0.39, 0.29) is 34.6 Å². The van der Waals surface area contributed by atoms with E-state index in [9.17, 15) is 33.8 Å². The summed E-state index contributed by atoms with van der Waals surface area (Å²) >= 11 is 0. The van der Waals surface area contributed by atoms with Gasteiger partial charge in [0.15, 0.2) is 0 Å². The zero-order valence-corrected chi connectivity index (χ0v) is 13.9. The highest BCUT2D eigenvalue weighted by Gasteiger charge is 2.65. The van der Waals surface area contributed by atoms with Crippen LogP contribution in [0.15, 0.2) is 47.4 Å². The van der Waals surface area contributed by atoms with Gasteiger partial charge in [-0.2, -0.15) is 0 Å². The van der Waals surface area contributed by atoms with Crippen molar-refractivity contribution in [3.8, 4) is 0 Å². The molecule has 4 amide bonds. The average molecular weight is 407 g/mol. The van der Waals surface area contributed by atoms with Crippen molar-refractivity contribution in [3.63, 3.8) is 0 Å². The van der Waals surface area contributed by atoms with Crippen LogP contribution in [0.1, 0.15) is 20.7 Å². The lowest BCUT2D eigenvalue weighted by Gasteiger charge is -2.40. The lowest BCUT2D eigenvalue weighted by atomic mass is 10.1. The number of imide groups is 1. The van der Waals surface area contributed by atoms with E-state index >= 15 is 0 Å². The van der Waals surface area contributed by atoms with Crippen LogP contribution in [-0.4, -0.2) is 17.8 Å². The van der Waals surface area contributed by atoms with E-state index in [0.29, 0.717) is 12.1 Å². The number of anilines is 2. The van der Waals surface area contributed by atoms with Crippen LogP contribution in [0.25, 0.3) is 0 Å². The average Bonchev–Trinajstić information content (AvgIpc) is 2.80. The first-order chi connectivity index (χ1) is 12.2. The molecule has 2 aromatic rings. The monoisotopic (exact) mass is 407 g/mol. The molecular weight excluding hydrogens is 397 g/mol. The number of hydrogen-bond acceptors (Lipinski definition) is 3. The summed E-state index contributed by atoms with van der Waals surface area (Å²) in [6.45, 7) is 0. The summed E-state index contributed by atoms with van der Waals surface area (Å²) in [6.07, 6.45) is 0. The van der Waals surface area contributed by atoms with Crippen LogP contribution in [0, 0.1) is 0 Å². The Balaban J connectivity index is 1.71. The van der Waals surface area contributed by atoms with Gasteiger partial charge in [-0.15, -0.1) is 0 Å². The fourth-order valence-corrected chi connectivity index (χ4v) is 2.98. The highest BCUT2D eigenvalue weighted by atomic mass is 32.5. The molecule has 0 radical (unpaired) electrons. The largest absolute Gasteiger partial charge is 0.323 e. The molecule has 1 aliphatic rings. The topological polar surface area (TPSA) is 87.3 Å². The van der Waals surface area contributed by atoms with Gasteiger partial charge in [0.2, 0.25) is 0 Å². The second-order valence-corrected chi connectivity index (χ2v) is 8.03. The number of amides is 4. The second-order valence-electron chi connectivity index (χ2n) is 5.62. The Hall–Kier alpha value is -3.15.